The Hall–Kier alpha value is -3.93. The van der Waals surface area contributed by atoms with Crippen LogP contribution in [0.2, 0.25) is 0 Å². The summed E-state index contributed by atoms with van der Waals surface area (Å²) >= 11 is 0. The number of benzene rings is 1. The normalized spacial score (nSPS) is 13.2. The van der Waals surface area contributed by atoms with E-state index in [0.29, 0.717) is 40.1 Å². The highest BCUT2D eigenvalue weighted by atomic mass is 32.2. The van der Waals surface area contributed by atoms with Crippen molar-refractivity contribution in [3.05, 3.63) is 60.3 Å². The minimum Gasteiger partial charge on any atom is -0.495 e. The predicted octanol–water partition coefficient (Wildman–Crippen LogP) is 3.20. The Kier molecular flexibility index (Phi) is 7.48. The van der Waals surface area contributed by atoms with Gasteiger partial charge in [0, 0.05) is 24.9 Å². The van der Waals surface area contributed by atoms with Gasteiger partial charge in [-0.25, -0.2) is 8.42 Å². The third kappa shape index (κ3) is 5.15. The first-order valence-corrected chi connectivity index (χ1v) is 13.3. The summed E-state index contributed by atoms with van der Waals surface area (Å²) < 4.78 is 47.0. The summed E-state index contributed by atoms with van der Waals surface area (Å²) in [6.45, 7) is 3.51. The summed E-state index contributed by atoms with van der Waals surface area (Å²) in [5, 5.41) is 12.3. The van der Waals surface area contributed by atoms with Gasteiger partial charge in [-0.05, 0) is 37.3 Å². The number of aryl methyl sites for hydroxylation is 1. The second-order valence-corrected chi connectivity index (χ2v) is 10.9. The van der Waals surface area contributed by atoms with Crippen LogP contribution in [0.5, 0.6) is 17.2 Å². The maximum absolute atomic E-state index is 13.7. The van der Waals surface area contributed by atoms with Gasteiger partial charge in [-0.1, -0.05) is 13.0 Å². The van der Waals surface area contributed by atoms with Crippen molar-refractivity contribution in [2.75, 3.05) is 21.3 Å². The lowest BCUT2D eigenvalue weighted by Gasteiger charge is -2.21. The number of nitrogens with zero attached hydrogens (tertiary/aromatic N) is 6. The van der Waals surface area contributed by atoms with Gasteiger partial charge in [0.2, 0.25) is 0 Å². The molecule has 0 aliphatic heterocycles. The standard InChI is InChI=1S/C25H30N6O5S/c1-16(19-11-10-18(34-4)14-26-19)17(2)37(32,33)15-23-27-28-25(20-12-13-30(3)29-20)31(23)24-21(35-5)8-7-9-22(24)36-6/h7-14,16-17H,15H2,1-6H3/t16-,17-/m0/s1. The molecule has 1 aromatic carbocycles. The van der Waals surface area contributed by atoms with Crippen LogP contribution >= 0.6 is 0 Å². The SMILES string of the molecule is COc1ccc([C@@H](C)[C@H](C)S(=O)(=O)Cc2nnc(-c3ccn(C)n3)n2-c2c(OC)cccc2OC)nc1. The van der Waals surface area contributed by atoms with E-state index in [0.717, 1.165) is 0 Å². The quantitative estimate of drug-likeness (QED) is 0.306. The van der Waals surface area contributed by atoms with Gasteiger partial charge in [0.25, 0.3) is 0 Å². The average molecular weight is 527 g/mol. The van der Waals surface area contributed by atoms with E-state index in [2.05, 4.69) is 20.3 Å². The van der Waals surface area contributed by atoms with Gasteiger partial charge in [-0.2, -0.15) is 5.10 Å². The molecule has 0 unspecified atom stereocenters. The second kappa shape index (κ2) is 10.6. The van der Waals surface area contributed by atoms with Crippen molar-refractivity contribution in [3.63, 3.8) is 0 Å². The molecule has 0 spiro atoms. The van der Waals surface area contributed by atoms with E-state index < -0.39 is 15.1 Å². The van der Waals surface area contributed by atoms with Gasteiger partial charge >= 0.3 is 0 Å². The molecule has 0 amide bonds. The lowest BCUT2D eigenvalue weighted by atomic mass is 10.0. The molecule has 196 valence electrons. The van der Waals surface area contributed by atoms with Crippen molar-refractivity contribution in [1.29, 1.82) is 0 Å². The fourth-order valence-corrected chi connectivity index (χ4v) is 5.61. The smallest absolute Gasteiger partial charge is 0.189 e. The Balaban J connectivity index is 1.79. The van der Waals surface area contributed by atoms with E-state index in [1.165, 1.54) is 14.2 Å². The third-order valence-corrected chi connectivity index (χ3v) is 8.56. The number of para-hydroxylation sites is 1. The van der Waals surface area contributed by atoms with E-state index in [-0.39, 0.29) is 17.5 Å². The molecule has 2 atom stereocenters. The summed E-state index contributed by atoms with van der Waals surface area (Å²) in [4.78, 5) is 4.38. The van der Waals surface area contributed by atoms with Gasteiger partial charge < -0.3 is 14.2 Å². The predicted molar refractivity (Wildman–Crippen MR) is 138 cm³/mol. The number of hydrogen-bond acceptors (Lipinski definition) is 9. The zero-order valence-electron chi connectivity index (χ0n) is 21.6. The molecular weight excluding hydrogens is 496 g/mol. The number of pyridine rings is 1. The first kappa shape index (κ1) is 26.1. The number of sulfone groups is 1. The maximum atomic E-state index is 13.7. The highest BCUT2D eigenvalue weighted by molar-refractivity contribution is 7.91. The highest BCUT2D eigenvalue weighted by Crippen LogP contribution is 2.37. The molecule has 3 aromatic heterocycles. The van der Waals surface area contributed by atoms with Gasteiger partial charge in [0.05, 0.1) is 32.8 Å². The van der Waals surface area contributed by atoms with Crippen LogP contribution in [-0.2, 0) is 22.6 Å². The lowest BCUT2D eigenvalue weighted by molar-refractivity contribution is 0.390. The lowest BCUT2D eigenvalue weighted by Crippen LogP contribution is -2.27. The zero-order chi connectivity index (χ0) is 26.7. The first-order valence-electron chi connectivity index (χ1n) is 11.6. The van der Waals surface area contributed by atoms with Gasteiger partial charge in [0.1, 0.15) is 34.4 Å². The van der Waals surface area contributed by atoms with E-state index in [9.17, 15) is 8.42 Å². The van der Waals surface area contributed by atoms with Gasteiger partial charge in [0.15, 0.2) is 21.5 Å². The van der Waals surface area contributed by atoms with E-state index in [1.807, 2.05) is 6.92 Å². The fraction of sp³-hybridized carbons (Fsp3) is 0.360. The molecule has 0 aliphatic rings. The van der Waals surface area contributed by atoms with Crippen LogP contribution in [0.1, 0.15) is 31.3 Å². The van der Waals surface area contributed by atoms with E-state index >= 15 is 0 Å². The Morgan fingerprint density at radius 3 is 2.19 bits per heavy atom. The number of methoxy groups -OCH3 is 3. The Bertz CT molecular complexity index is 1460. The molecular formula is C25H30N6O5S. The summed E-state index contributed by atoms with van der Waals surface area (Å²) in [5.74, 6) is 1.39. The summed E-state index contributed by atoms with van der Waals surface area (Å²) in [5.41, 5.74) is 1.66. The summed E-state index contributed by atoms with van der Waals surface area (Å²) in [6, 6.07) is 10.6. The van der Waals surface area contributed by atoms with Gasteiger partial charge in [-0.3, -0.25) is 14.2 Å². The molecule has 0 saturated carbocycles. The molecule has 0 saturated heterocycles. The van der Waals surface area contributed by atoms with Crippen LogP contribution in [0, 0.1) is 0 Å². The van der Waals surface area contributed by atoms with Crippen molar-refractivity contribution in [2.24, 2.45) is 7.05 Å². The zero-order valence-corrected chi connectivity index (χ0v) is 22.4. The number of aromatic nitrogens is 6. The van der Waals surface area contributed by atoms with E-state index in [4.69, 9.17) is 14.2 Å². The van der Waals surface area contributed by atoms with Crippen LogP contribution in [0.4, 0.5) is 0 Å². The Morgan fingerprint density at radius 1 is 0.946 bits per heavy atom. The van der Waals surface area contributed by atoms with E-state index in [1.54, 1.807) is 79.1 Å². The highest BCUT2D eigenvalue weighted by Gasteiger charge is 2.32. The molecule has 0 N–H and O–H groups in total. The Morgan fingerprint density at radius 2 is 1.65 bits per heavy atom. The van der Waals surface area contributed by atoms with Crippen molar-refractivity contribution in [1.82, 2.24) is 29.5 Å². The average Bonchev–Trinajstić information content (AvgIpc) is 3.52. The minimum atomic E-state index is -3.71. The van der Waals surface area contributed by atoms with Crippen LogP contribution in [0.25, 0.3) is 17.2 Å². The molecule has 37 heavy (non-hydrogen) atoms. The van der Waals surface area contributed by atoms with Crippen molar-refractivity contribution >= 4 is 9.84 Å². The third-order valence-electron chi connectivity index (χ3n) is 6.36. The Labute approximate surface area is 216 Å². The summed E-state index contributed by atoms with van der Waals surface area (Å²) in [7, 11) is 2.70. The maximum Gasteiger partial charge on any atom is 0.189 e. The monoisotopic (exact) mass is 526 g/mol. The molecule has 0 bridgehead atoms. The molecule has 12 heteroatoms. The molecule has 3 heterocycles. The number of hydrogen-bond donors (Lipinski definition) is 0. The van der Waals surface area contributed by atoms with Crippen molar-refractivity contribution < 1.29 is 22.6 Å². The number of ether oxygens (including phenoxy) is 3. The first-order chi connectivity index (χ1) is 17.7. The molecule has 0 aliphatic carbocycles. The largest absolute Gasteiger partial charge is 0.495 e. The summed E-state index contributed by atoms with van der Waals surface area (Å²) in [6.07, 6.45) is 3.35. The van der Waals surface area contributed by atoms with Crippen molar-refractivity contribution in [3.8, 4) is 34.5 Å². The van der Waals surface area contributed by atoms with Gasteiger partial charge in [-0.15, -0.1) is 10.2 Å². The minimum absolute atomic E-state index is 0.213. The second-order valence-electron chi connectivity index (χ2n) is 8.58. The van der Waals surface area contributed by atoms with Crippen molar-refractivity contribution in [2.45, 2.75) is 30.8 Å². The van der Waals surface area contributed by atoms with Crippen LogP contribution in [0.15, 0.2) is 48.8 Å². The fourth-order valence-electron chi connectivity index (χ4n) is 4.04. The van der Waals surface area contributed by atoms with Crippen LogP contribution in [-0.4, -0.2) is 64.5 Å². The molecule has 4 rings (SSSR count). The van der Waals surface area contributed by atoms with Crippen LogP contribution in [0.3, 0.4) is 0 Å². The molecule has 11 nitrogen and oxygen atoms in total. The topological polar surface area (TPSA) is 123 Å². The van der Waals surface area contributed by atoms with Crippen LogP contribution < -0.4 is 14.2 Å². The molecule has 4 aromatic rings. The molecule has 0 radical (unpaired) electrons. The molecule has 0 fully saturated rings. The number of rotatable bonds is 10.